The lowest BCUT2D eigenvalue weighted by Crippen LogP contribution is -2.50. The van der Waals surface area contributed by atoms with Gasteiger partial charge in [-0.2, -0.15) is 0 Å². The van der Waals surface area contributed by atoms with Gasteiger partial charge in [-0.05, 0) is 6.07 Å². The lowest BCUT2D eigenvalue weighted by molar-refractivity contribution is -0.136. The van der Waals surface area contributed by atoms with E-state index in [4.69, 9.17) is 15.2 Å². The number of nitrogens with two attached hydrogens (primary N) is 1. The van der Waals surface area contributed by atoms with Crippen molar-refractivity contribution in [3.63, 3.8) is 0 Å². The monoisotopic (exact) mass is 294 g/mol. The first-order chi connectivity index (χ1) is 10.2. The molecule has 0 spiro atoms. The van der Waals surface area contributed by atoms with Crippen molar-refractivity contribution in [1.29, 1.82) is 0 Å². The maximum atomic E-state index is 12.0. The molecule has 1 fully saturated rings. The highest BCUT2D eigenvalue weighted by molar-refractivity contribution is 5.78. The van der Waals surface area contributed by atoms with Crippen molar-refractivity contribution < 1.29 is 14.3 Å². The Morgan fingerprint density at radius 1 is 1.33 bits per heavy atom. The number of rotatable bonds is 6. The van der Waals surface area contributed by atoms with E-state index >= 15 is 0 Å². The fraction of sp³-hybridized carbons (Fsp3) is 0.571. The molecule has 1 aromatic heterocycles. The Balaban J connectivity index is 1.78. The molecule has 0 unspecified atom stereocenters. The zero-order valence-electron chi connectivity index (χ0n) is 12.3. The van der Waals surface area contributed by atoms with Crippen LogP contribution >= 0.6 is 0 Å². The number of amides is 1. The van der Waals surface area contributed by atoms with Gasteiger partial charge in [0.15, 0.2) is 0 Å². The van der Waals surface area contributed by atoms with Crippen LogP contribution in [0.5, 0.6) is 0 Å². The highest BCUT2D eigenvalue weighted by atomic mass is 16.5. The van der Waals surface area contributed by atoms with E-state index in [1.807, 2.05) is 11.0 Å². The van der Waals surface area contributed by atoms with Gasteiger partial charge in [0.25, 0.3) is 0 Å². The van der Waals surface area contributed by atoms with Crippen LogP contribution in [0.4, 0.5) is 11.4 Å². The Bertz CT molecular complexity index is 461. The summed E-state index contributed by atoms with van der Waals surface area (Å²) in [5, 5.41) is 0. The number of hydrogen-bond donors (Lipinski definition) is 1. The summed E-state index contributed by atoms with van der Waals surface area (Å²) in [5.41, 5.74) is 7.57. The maximum Gasteiger partial charge on any atom is 0.248 e. The molecule has 0 aromatic carbocycles. The van der Waals surface area contributed by atoms with Crippen molar-refractivity contribution in [2.45, 2.75) is 0 Å². The molecule has 0 saturated carbocycles. The fourth-order valence-corrected chi connectivity index (χ4v) is 2.28. The predicted octanol–water partition coefficient (Wildman–Crippen LogP) is -0.0246. The summed E-state index contributed by atoms with van der Waals surface area (Å²) in [6.45, 7) is 3.93. The van der Waals surface area contributed by atoms with Gasteiger partial charge in [0.2, 0.25) is 5.91 Å². The normalized spacial score (nSPS) is 15.3. The van der Waals surface area contributed by atoms with E-state index in [-0.39, 0.29) is 12.5 Å². The molecule has 1 aliphatic heterocycles. The zero-order valence-corrected chi connectivity index (χ0v) is 12.3. The average Bonchev–Trinajstić information content (AvgIpc) is 2.52. The minimum Gasteiger partial charge on any atom is -0.396 e. The van der Waals surface area contributed by atoms with Gasteiger partial charge in [0, 0.05) is 39.5 Å². The summed E-state index contributed by atoms with van der Waals surface area (Å²) < 4.78 is 10.1. The summed E-state index contributed by atoms with van der Waals surface area (Å²) in [4.78, 5) is 20.0. The van der Waals surface area contributed by atoms with Gasteiger partial charge < -0.3 is 25.0 Å². The number of anilines is 2. The first kappa shape index (κ1) is 15.5. The second-order valence-corrected chi connectivity index (χ2v) is 4.85. The molecule has 1 aromatic rings. The minimum atomic E-state index is 0.0217. The number of pyridine rings is 1. The summed E-state index contributed by atoms with van der Waals surface area (Å²) in [5.74, 6) is 0.0217. The predicted molar refractivity (Wildman–Crippen MR) is 80.1 cm³/mol. The van der Waals surface area contributed by atoms with E-state index in [2.05, 4.69) is 9.88 Å². The number of hydrogen-bond acceptors (Lipinski definition) is 6. The Labute approximate surface area is 124 Å². The van der Waals surface area contributed by atoms with Gasteiger partial charge in [-0.3, -0.25) is 9.78 Å². The Hall–Kier alpha value is -1.86. The number of aromatic nitrogens is 1. The van der Waals surface area contributed by atoms with E-state index in [1.165, 1.54) is 0 Å². The van der Waals surface area contributed by atoms with Crippen LogP contribution in [0.25, 0.3) is 0 Å². The Morgan fingerprint density at radius 3 is 2.76 bits per heavy atom. The summed E-state index contributed by atoms with van der Waals surface area (Å²) in [6.07, 6.45) is 3.38. The number of carbonyl (C=O) groups excluding carboxylic acids is 1. The third-order valence-electron chi connectivity index (χ3n) is 3.46. The van der Waals surface area contributed by atoms with Crippen molar-refractivity contribution >= 4 is 17.3 Å². The van der Waals surface area contributed by atoms with Crippen LogP contribution in [0.2, 0.25) is 0 Å². The van der Waals surface area contributed by atoms with Gasteiger partial charge in [-0.1, -0.05) is 0 Å². The van der Waals surface area contributed by atoms with Crippen LogP contribution in [0.15, 0.2) is 18.5 Å². The summed E-state index contributed by atoms with van der Waals surface area (Å²) in [7, 11) is 1.61. The number of nitrogens with zero attached hydrogens (tertiary/aromatic N) is 3. The quantitative estimate of drug-likeness (QED) is 0.742. The molecule has 2 N–H and O–H groups in total. The second-order valence-electron chi connectivity index (χ2n) is 4.85. The molecular formula is C14H22N4O3. The lowest BCUT2D eigenvalue weighted by atomic mass is 10.2. The smallest absolute Gasteiger partial charge is 0.248 e. The molecular weight excluding hydrogens is 272 g/mol. The zero-order chi connectivity index (χ0) is 15.1. The first-order valence-corrected chi connectivity index (χ1v) is 7.01. The summed E-state index contributed by atoms with van der Waals surface area (Å²) in [6, 6.07) is 1.90. The lowest BCUT2D eigenvalue weighted by Gasteiger charge is -2.36. The maximum absolute atomic E-state index is 12.0. The number of carbonyl (C=O) groups is 1. The van der Waals surface area contributed by atoms with Gasteiger partial charge in [-0.15, -0.1) is 0 Å². The van der Waals surface area contributed by atoms with Gasteiger partial charge in [-0.25, -0.2) is 0 Å². The molecule has 2 heterocycles. The van der Waals surface area contributed by atoms with E-state index in [1.54, 1.807) is 19.5 Å². The highest BCUT2D eigenvalue weighted by Gasteiger charge is 2.22. The standard InChI is InChI=1S/C14H22N4O3/c1-20-8-9-21-11-14(19)18-6-4-17(5-7-18)13-2-3-16-10-12(13)15/h2-3,10H,4-9,11,15H2,1H3. The van der Waals surface area contributed by atoms with Gasteiger partial charge >= 0.3 is 0 Å². The molecule has 116 valence electrons. The van der Waals surface area contributed by atoms with E-state index in [0.717, 1.165) is 18.8 Å². The third-order valence-corrected chi connectivity index (χ3v) is 3.46. The van der Waals surface area contributed by atoms with Crippen LogP contribution in [0.3, 0.4) is 0 Å². The van der Waals surface area contributed by atoms with Gasteiger partial charge in [0.05, 0.1) is 30.8 Å². The molecule has 0 atom stereocenters. The van der Waals surface area contributed by atoms with Crippen LogP contribution in [0, 0.1) is 0 Å². The third kappa shape index (κ3) is 4.30. The molecule has 1 aliphatic rings. The molecule has 1 amide bonds. The number of methoxy groups -OCH3 is 1. The number of nitrogen functional groups attached to an aromatic ring is 1. The molecule has 7 heteroatoms. The van der Waals surface area contributed by atoms with Crippen molar-refractivity contribution in [3.05, 3.63) is 18.5 Å². The summed E-state index contributed by atoms with van der Waals surface area (Å²) >= 11 is 0. The van der Waals surface area contributed by atoms with Crippen molar-refractivity contribution in [3.8, 4) is 0 Å². The number of ether oxygens (including phenoxy) is 2. The Morgan fingerprint density at radius 2 is 2.10 bits per heavy atom. The molecule has 2 rings (SSSR count). The van der Waals surface area contributed by atoms with Gasteiger partial charge in [0.1, 0.15) is 6.61 Å². The largest absolute Gasteiger partial charge is 0.396 e. The van der Waals surface area contributed by atoms with Crippen LogP contribution in [-0.4, -0.2) is 68.9 Å². The fourth-order valence-electron chi connectivity index (χ4n) is 2.28. The molecule has 0 radical (unpaired) electrons. The van der Waals surface area contributed by atoms with E-state index < -0.39 is 0 Å². The van der Waals surface area contributed by atoms with Crippen LogP contribution in [-0.2, 0) is 14.3 Å². The van der Waals surface area contributed by atoms with Crippen molar-refractivity contribution in [2.24, 2.45) is 0 Å². The number of piperazine rings is 1. The molecule has 21 heavy (non-hydrogen) atoms. The van der Waals surface area contributed by atoms with E-state index in [0.29, 0.717) is 32.0 Å². The van der Waals surface area contributed by atoms with Crippen molar-refractivity contribution in [2.75, 3.05) is 63.7 Å². The first-order valence-electron chi connectivity index (χ1n) is 7.01. The average molecular weight is 294 g/mol. The Kier molecular flexibility index (Phi) is 5.77. The topological polar surface area (TPSA) is 80.9 Å². The molecule has 7 nitrogen and oxygen atoms in total. The van der Waals surface area contributed by atoms with E-state index in [9.17, 15) is 4.79 Å². The molecule has 0 bridgehead atoms. The minimum absolute atomic E-state index is 0.0217. The SMILES string of the molecule is COCCOCC(=O)N1CCN(c2ccncc2N)CC1. The van der Waals surface area contributed by atoms with Crippen LogP contribution in [0.1, 0.15) is 0 Å². The van der Waals surface area contributed by atoms with Crippen molar-refractivity contribution in [1.82, 2.24) is 9.88 Å². The molecule has 1 saturated heterocycles. The second kappa shape index (κ2) is 7.80. The van der Waals surface area contributed by atoms with Crippen LogP contribution < -0.4 is 10.6 Å². The highest BCUT2D eigenvalue weighted by Crippen LogP contribution is 2.22. The molecule has 0 aliphatic carbocycles.